The molecular formula is C14H16BrNS. The van der Waals surface area contributed by atoms with E-state index in [4.69, 9.17) is 0 Å². The standard InChI is InChI=1S/C14H16BrNS/c1-9-12(16-13(15)17-9)10-5-7-11(8-6-10)14(2,3)4/h5-8H,1-4H3. The summed E-state index contributed by atoms with van der Waals surface area (Å²) in [4.78, 5) is 5.76. The highest BCUT2D eigenvalue weighted by atomic mass is 79.9. The molecule has 0 radical (unpaired) electrons. The summed E-state index contributed by atoms with van der Waals surface area (Å²) in [5.74, 6) is 0. The summed E-state index contributed by atoms with van der Waals surface area (Å²) in [6.07, 6.45) is 0. The average molecular weight is 310 g/mol. The van der Waals surface area contributed by atoms with Crippen LogP contribution in [0.4, 0.5) is 0 Å². The predicted molar refractivity (Wildman–Crippen MR) is 78.7 cm³/mol. The maximum atomic E-state index is 4.51. The normalized spacial score (nSPS) is 11.8. The van der Waals surface area contributed by atoms with Gasteiger partial charge in [-0.15, -0.1) is 11.3 Å². The summed E-state index contributed by atoms with van der Waals surface area (Å²) >= 11 is 5.11. The maximum Gasteiger partial charge on any atom is 0.160 e. The predicted octanol–water partition coefficient (Wildman–Crippen LogP) is 5.18. The van der Waals surface area contributed by atoms with Gasteiger partial charge in [-0.25, -0.2) is 4.98 Å². The van der Waals surface area contributed by atoms with Crippen LogP contribution >= 0.6 is 27.3 Å². The smallest absolute Gasteiger partial charge is 0.160 e. The second kappa shape index (κ2) is 4.54. The number of hydrogen-bond donors (Lipinski definition) is 0. The quantitative estimate of drug-likeness (QED) is 0.707. The van der Waals surface area contributed by atoms with Crippen molar-refractivity contribution in [3.63, 3.8) is 0 Å². The van der Waals surface area contributed by atoms with Crippen molar-refractivity contribution < 1.29 is 0 Å². The molecule has 2 aromatic rings. The van der Waals surface area contributed by atoms with E-state index < -0.39 is 0 Å². The van der Waals surface area contributed by atoms with Gasteiger partial charge < -0.3 is 0 Å². The van der Waals surface area contributed by atoms with E-state index in [1.807, 2.05) is 0 Å². The van der Waals surface area contributed by atoms with Gasteiger partial charge in [-0.3, -0.25) is 0 Å². The van der Waals surface area contributed by atoms with Gasteiger partial charge in [-0.1, -0.05) is 45.0 Å². The molecule has 1 heterocycles. The third-order valence-corrected chi connectivity index (χ3v) is 4.22. The Labute approximate surface area is 115 Å². The number of aryl methyl sites for hydroxylation is 1. The molecule has 0 saturated carbocycles. The van der Waals surface area contributed by atoms with Crippen molar-refractivity contribution in [2.45, 2.75) is 33.1 Å². The Morgan fingerprint density at radius 3 is 2.12 bits per heavy atom. The summed E-state index contributed by atoms with van der Waals surface area (Å²) in [6.45, 7) is 8.79. The van der Waals surface area contributed by atoms with Crippen molar-refractivity contribution in [1.29, 1.82) is 0 Å². The van der Waals surface area contributed by atoms with E-state index in [9.17, 15) is 0 Å². The van der Waals surface area contributed by atoms with Gasteiger partial charge in [0.1, 0.15) is 0 Å². The number of hydrogen-bond acceptors (Lipinski definition) is 2. The van der Waals surface area contributed by atoms with Crippen LogP contribution in [0.15, 0.2) is 28.2 Å². The van der Waals surface area contributed by atoms with E-state index in [1.54, 1.807) is 11.3 Å². The first-order valence-corrected chi connectivity index (χ1v) is 7.23. The second-order valence-corrected chi connectivity index (χ2v) is 7.68. The average Bonchev–Trinajstić information content (AvgIpc) is 2.57. The molecule has 17 heavy (non-hydrogen) atoms. The molecule has 2 rings (SSSR count). The van der Waals surface area contributed by atoms with Crippen LogP contribution in [0.25, 0.3) is 11.3 Å². The molecule has 0 saturated heterocycles. The van der Waals surface area contributed by atoms with Gasteiger partial charge in [0.15, 0.2) is 3.92 Å². The molecule has 0 aliphatic carbocycles. The first kappa shape index (κ1) is 12.8. The maximum absolute atomic E-state index is 4.51. The zero-order valence-electron chi connectivity index (χ0n) is 10.5. The van der Waals surface area contributed by atoms with Gasteiger partial charge in [0.05, 0.1) is 5.69 Å². The number of nitrogens with zero attached hydrogens (tertiary/aromatic N) is 1. The lowest BCUT2D eigenvalue weighted by atomic mass is 9.86. The van der Waals surface area contributed by atoms with Crippen molar-refractivity contribution >= 4 is 27.3 Å². The first-order chi connectivity index (χ1) is 7.88. The molecule has 0 N–H and O–H groups in total. The minimum absolute atomic E-state index is 0.205. The van der Waals surface area contributed by atoms with E-state index in [-0.39, 0.29) is 5.41 Å². The van der Waals surface area contributed by atoms with Gasteiger partial charge in [0.2, 0.25) is 0 Å². The minimum atomic E-state index is 0.205. The van der Waals surface area contributed by atoms with Crippen molar-refractivity contribution in [2.24, 2.45) is 0 Å². The SMILES string of the molecule is Cc1sc(Br)nc1-c1ccc(C(C)(C)C)cc1. The fourth-order valence-electron chi connectivity index (χ4n) is 1.76. The molecular weight excluding hydrogens is 294 g/mol. The number of aromatic nitrogens is 1. The number of halogens is 1. The van der Waals surface area contributed by atoms with Crippen LogP contribution in [0.2, 0.25) is 0 Å². The van der Waals surface area contributed by atoms with Gasteiger partial charge in [0.25, 0.3) is 0 Å². The first-order valence-electron chi connectivity index (χ1n) is 5.62. The van der Waals surface area contributed by atoms with Crippen LogP contribution in [-0.4, -0.2) is 4.98 Å². The van der Waals surface area contributed by atoms with Crippen molar-refractivity contribution in [3.05, 3.63) is 38.6 Å². The molecule has 0 bridgehead atoms. The largest absolute Gasteiger partial charge is 0.229 e. The number of rotatable bonds is 1. The Kier molecular flexibility index (Phi) is 3.41. The highest BCUT2D eigenvalue weighted by Gasteiger charge is 2.14. The summed E-state index contributed by atoms with van der Waals surface area (Å²) < 4.78 is 0.949. The third kappa shape index (κ3) is 2.78. The van der Waals surface area contributed by atoms with Crippen LogP contribution in [-0.2, 0) is 5.41 Å². The molecule has 1 aromatic heterocycles. The van der Waals surface area contributed by atoms with Crippen LogP contribution < -0.4 is 0 Å². The number of benzene rings is 1. The Hall–Kier alpha value is -0.670. The minimum Gasteiger partial charge on any atom is -0.229 e. The topological polar surface area (TPSA) is 12.9 Å². The molecule has 90 valence electrons. The fraction of sp³-hybridized carbons (Fsp3) is 0.357. The van der Waals surface area contributed by atoms with Gasteiger partial charge in [-0.2, -0.15) is 0 Å². The zero-order valence-corrected chi connectivity index (χ0v) is 12.9. The van der Waals surface area contributed by atoms with Crippen LogP contribution in [0, 0.1) is 6.92 Å². The van der Waals surface area contributed by atoms with Gasteiger partial charge >= 0.3 is 0 Å². The van der Waals surface area contributed by atoms with E-state index in [0.29, 0.717) is 0 Å². The van der Waals surface area contributed by atoms with Crippen LogP contribution in [0.3, 0.4) is 0 Å². The second-order valence-electron chi connectivity index (χ2n) is 5.20. The van der Waals surface area contributed by atoms with E-state index in [2.05, 4.69) is 72.9 Å². The lowest BCUT2D eigenvalue weighted by Gasteiger charge is -2.19. The summed E-state index contributed by atoms with van der Waals surface area (Å²) in [6, 6.07) is 8.72. The molecule has 0 aliphatic heterocycles. The lowest BCUT2D eigenvalue weighted by Crippen LogP contribution is -2.10. The molecule has 3 heteroatoms. The van der Waals surface area contributed by atoms with E-state index in [0.717, 1.165) is 9.61 Å². The Bertz CT molecular complexity index is 520. The van der Waals surface area contributed by atoms with Crippen LogP contribution in [0.5, 0.6) is 0 Å². The number of thiazole rings is 1. The molecule has 0 aliphatic rings. The summed E-state index contributed by atoms with van der Waals surface area (Å²) in [7, 11) is 0. The van der Waals surface area contributed by atoms with Crippen molar-refractivity contribution in [3.8, 4) is 11.3 Å². The molecule has 1 nitrogen and oxygen atoms in total. The highest BCUT2D eigenvalue weighted by molar-refractivity contribution is 9.11. The molecule has 1 aromatic carbocycles. The van der Waals surface area contributed by atoms with Crippen molar-refractivity contribution in [2.75, 3.05) is 0 Å². The molecule has 0 atom stereocenters. The molecule has 0 amide bonds. The van der Waals surface area contributed by atoms with Crippen LogP contribution in [0.1, 0.15) is 31.2 Å². The van der Waals surface area contributed by atoms with Crippen molar-refractivity contribution in [1.82, 2.24) is 4.98 Å². The third-order valence-electron chi connectivity index (χ3n) is 2.79. The summed E-state index contributed by atoms with van der Waals surface area (Å²) in [5, 5.41) is 0. The highest BCUT2D eigenvalue weighted by Crippen LogP contribution is 2.31. The lowest BCUT2D eigenvalue weighted by molar-refractivity contribution is 0.590. The Morgan fingerprint density at radius 2 is 1.71 bits per heavy atom. The molecule has 0 unspecified atom stereocenters. The fourth-order valence-corrected chi connectivity index (χ4v) is 3.32. The van der Waals surface area contributed by atoms with E-state index in [1.165, 1.54) is 16.0 Å². The molecule has 0 fully saturated rings. The van der Waals surface area contributed by atoms with Gasteiger partial charge in [0, 0.05) is 10.4 Å². The Balaban J connectivity index is 2.39. The Morgan fingerprint density at radius 1 is 1.12 bits per heavy atom. The monoisotopic (exact) mass is 309 g/mol. The zero-order chi connectivity index (χ0) is 12.6. The van der Waals surface area contributed by atoms with E-state index >= 15 is 0 Å². The van der Waals surface area contributed by atoms with Gasteiger partial charge in [-0.05, 0) is 33.8 Å². The summed E-state index contributed by atoms with van der Waals surface area (Å²) in [5.41, 5.74) is 3.84. The molecule has 0 spiro atoms.